The summed E-state index contributed by atoms with van der Waals surface area (Å²) in [6, 6.07) is 3.32. The summed E-state index contributed by atoms with van der Waals surface area (Å²) < 4.78 is 26.2. The van der Waals surface area contributed by atoms with E-state index in [1.807, 2.05) is 12.3 Å². The van der Waals surface area contributed by atoms with Gasteiger partial charge in [0.25, 0.3) is 0 Å². The van der Waals surface area contributed by atoms with E-state index < -0.39 is 17.7 Å². The predicted octanol–water partition coefficient (Wildman–Crippen LogP) is 4.26. The molecule has 1 aromatic heterocycles. The van der Waals surface area contributed by atoms with Crippen LogP contribution in [-0.4, -0.2) is 5.11 Å². The van der Waals surface area contributed by atoms with Crippen LogP contribution < -0.4 is 0 Å². The Balaban J connectivity index is 2.21. The third kappa shape index (κ3) is 2.71. The molecule has 5 heteroatoms. The second-order valence-corrected chi connectivity index (χ2v) is 5.34. The fourth-order valence-electron chi connectivity index (χ4n) is 1.66. The van der Waals surface area contributed by atoms with Gasteiger partial charge in [0.05, 0.1) is 16.0 Å². The summed E-state index contributed by atoms with van der Waals surface area (Å²) in [6.07, 6.45) is -0.803. The van der Waals surface area contributed by atoms with Gasteiger partial charge in [-0.05, 0) is 29.5 Å². The van der Waals surface area contributed by atoms with Crippen molar-refractivity contribution in [3.8, 4) is 0 Å². The lowest BCUT2D eigenvalue weighted by Crippen LogP contribution is -2.02. The van der Waals surface area contributed by atoms with Crippen LogP contribution in [0.1, 0.15) is 22.1 Å². The first-order valence-corrected chi connectivity index (χ1v) is 6.60. The molecule has 18 heavy (non-hydrogen) atoms. The number of halogens is 3. The molecule has 0 aliphatic carbocycles. The lowest BCUT2D eigenvalue weighted by atomic mass is 10.1. The molecule has 0 radical (unpaired) electrons. The molecule has 1 N–H and O–H groups in total. The van der Waals surface area contributed by atoms with E-state index in [4.69, 9.17) is 11.6 Å². The highest BCUT2D eigenvalue weighted by Crippen LogP contribution is 2.34. The lowest BCUT2D eigenvalue weighted by Gasteiger charge is -2.10. The molecular formula is C13H11ClF2OS. The molecule has 0 amide bonds. The van der Waals surface area contributed by atoms with Gasteiger partial charge in [-0.1, -0.05) is 17.7 Å². The Kier molecular flexibility index (Phi) is 4.00. The minimum Gasteiger partial charge on any atom is -0.387 e. The number of aryl methyl sites for hydroxylation is 1. The Bertz CT molecular complexity index is 568. The van der Waals surface area contributed by atoms with E-state index in [-0.39, 0.29) is 12.0 Å². The second kappa shape index (κ2) is 5.34. The molecule has 0 saturated carbocycles. The van der Waals surface area contributed by atoms with Crippen LogP contribution in [0.3, 0.4) is 0 Å². The summed E-state index contributed by atoms with van der Waals surface area (Å²) in [5.74, 6) is -1.28. The van der Waals surface area contributed by atoms with Gasteiger partial charge in [0.15, 0.2) is 0 Å². The zero-order valence-corrected chi connectivity index (χ0v) is 11.2. The summed E-state index contributed by atoms with van der Waals surface area (Å²) in [7, 11) is 0. The molecular weight excluding hydrogens is 278 g/mol. The van der Waals surface area contributed by atoms with Gasteiger partial charge in [-0.3, -0.25) is 0 Å². The van der Waals surface area contributed by atoms with E-state index in [0.29, 0.717) is 9.90 Å². The fraction of sp³-hybridized carbons (Fsp3) is 0.231. The standard InChI is InChI=1S/C13H11ClF2OS/c1-7-6-18-13(12(7)14)11(17)4-8-2-3-9(15)5-10(8)16/h2-3,5-6,11,17H,4H2,1H3. The molecule has 1 unspecified atom stereocenters. The summed E-state index contributed by atoms with van der Waals surface area (Å²) in [4.78, 5) is 0.609. The van der Waals surface area contributed by atoms with Gasteiger partial charge in [0.1, 0.15) is 11.6 Å². The summed E-state index contributed by atoms with van der Waals surface area (Å²) >= 11 is 7.37. The molecule has 1 atom stereocenters. The van der Waals surface area contributed by atoms with E-state index >= 15 is 0 Å². The smallest absolute Gasteiger partial charge is 0.129 e. The molecule has 1 aromatic carbocycles. The van der Waals surface area contributed by atoms with Crippen molar-refractivity contribution in [3.63, 3.8) is 0 Å². The zero-order chi connectivity index (χ0) is 13.3. The number of aliphatic hydroxyl groups is 1. The maximum Gasteiger partial charge on any atom is 0.129 e. The van der Waals surface area contributed by atoms with E-state index in [9.17, 15) is 13.9 Å². The maximum absolute atomic E-state index is 13.5. The first kappa shape index (κ1) is 13.5. The van der Waals surface area contributed by atoms with Gasteiger partial charge in [-0.25, -0.2) is 8.78 Å². The van der Waals surface area contributed by atoms with Gasteiger partial charge in [0, 0.05) is 12.5 Å². The van der Waals surface area contributed by atoms with Crippen molar-refractivity contribution in [3.05, 3.63) is 56.2 Å². The number of rotatable bonds is 3. The van der Waals surface area contributed by atoms with Crippen LogP contribution in [0, 0.1) is 18.6 Å². The number of hydrogen-bond acceptors (Lipinski definition) is 2. The van der Waals surface area contributed by atoms with E-state index in [0.717, 1.165) is 11.6 Å². The molecule has 96 valence electrons. The van der Waals surface area contributed by atoms with Crippen LogP contribution in [0.2, 0.25) is 5.02 Å². The van der Waals surface area contributed by atoms with E-state index in [2.05, 4.69) is 0 Å². The van der Waals surface area contributed by atoms with Crippen molar-refractivity contribution in [2.45, 2.75) is 19.4 Å². The highest BCUT2D eigenvalue weighted by atomic mass is 35.5. The Morgan fingerprint density at radius 2 is 2.11 bits per heavy atom. The topological polar surface area (TPSA) is 20.2 Å². The Morgan fingerprint density at radius 1 is 1.39 bits per heavy atom. The Labute approximate surface area is 113 Å². The molecule has 0 aliphatic heterocycles. The molecule has 0 fully saturated rings. The SMILES string of the molecule is Cc1csc(C(O)Cc2ccc(F)cc2F)c1Cl. The van der Waals surface area contributed by atoms with Crippen molar-refractivity contribution >= 4 is 22.9 Å². The number of hydrogen-bond donors (Lipinski definition) is 1. The first-order chi connectivity index (χ1) is 8.49. The van der Waals surface area contributed by atoms with Gasteiger partial charge >= 0.3 is 0 Å². The molecule has 0 saturated heterocycles. The summed E-state index contributed by atoms with van der Waals surface area (Å²) in [5, 5.41) is 12.4. The third-order valence-corrected chi connectivity index (χ3v) is 4.47. The quantitative estimate of drug-likeness (QED) is 0.894. The van der Waals surface area contributed by atoms with Crippen molar-refractivity contribution < 1.29 is 13.9 Å². The average molecular weight is 289 g/mol. The normalized spacial score (nSPS) is 12.7. The highest BCUT2D eigenvalue weighted by molar-refractivity contribution is 7.10. The number of thiophene rings is 1. The molecule has 2 aromatic rings. The molecule has 0 spiro atoms. The van der Waals surface area contributed by atoms with Crippen molar-refractivity contribution in [1.82, 2.24) is 0 Å². The maximum atomic E-state index is 13.5. The Hall–Kier alpha value is -0.970. The van der Waals surface area contributed by atoms with Crippen LogP contribution in [0.15, 0.2) is 23.6 Å². The third-order valence-electron chi connectivity index (χ3n) is 2.66. The van der Waals surface area contributed by atoms with E-state index in [1.54, 1.807) is 0 Å². The highest BCUT2D eigenvalue weighted by Gasteiger charge is 2.17. The van der Waals surface area contributed by atoms with Crippen LogP contribution in [0.5, 0.6) is 0 Å². The van der Waals surface area contributed by atoms with Crippen LogP contribution in [0.4, 0.5) is 8.78 Å². The monoisotopic (exact) mass is 288 g/mol. The van der Waals surface area contributed by atoms with Crippen LogP contribution in [-0.2, 0) is 6.42 Å². The van der Waals surface area contributed by atoms with Crippen molar-refractivity contribution in [2.75, 3.05) is 0 Å². The van der Waals surface area contributed by atoms with Gasteiger partial charge in [-0.2, -0.15) is 0 Å². The zero-order valence-electron chi connectivity index (χ0n) is 9.58. The van der Waals surface area contributed by atoms with Gasteiger partial charge < -0.3 is 5.11 Å². The molecule has 0 bridgehead atoms. The molecule has 1 heterocycles. The first-order valence-electron chi connectivity index (χ1n) is 5.34. The number of aliphatic hydroxyl groups excluding tert-OH is 1. The van der Waals surface area contributed by atoms with Gasteiger partial charge in [0.2, 0.25) is 0 Å². The summed E-state index contributed by atoms with van der Waals surface area (Å²) in [5.41, 5.74) is 1.15. The van der Waals surface area contributed by atoms with Crippen LogP contribution in [0.25, 0.3) is 0 Å². The average Bonchev–Trinajstić information content (AvgIpc) is 2.64. The largest absolute Gasteiger partial charge is 0.387 e. The number of benzene rings is 1. The lowest BCUT2D eigenvalue weighted by molar-refractivity contribution is 0.181. The van der Waals surface area contributed by atoms with Crippen LogP contribution >= 0.6 is 22.9 Å². The molecule has 0 aliphatic rings. The predicted molar refractivity (Wildman–Crippen MR) is 69.1 cm³/mol. The molecule has 2 rings (SSSR count). The minimum atomic E-state index is -0.879. The van der Waals surface area contributed by atoms with E-state index in [1.165, 1.54) is 23.5 Å². The summed E-state index contributed by atoms with van der Waals surface area (Å²) in [6.45, 7) is 1.84. The van der Waals surface area contributed by atoms with Crippen molar-refractivity contribution in [2.24, 2.45) is 0 Å². The molecule has 1 nitrogen and oxygen atoms in total. The minimum absolute atomic E-state index is 0.0752. The fourth-order valence-corrected chi connectivity index (χ4v) is 2.97. The van der Waals surface area contributed by atoms with Crippen molar-refractivity contribution in [1.29, 1.82) is 0 Å². The second-order valence-electron chi connectivity index (χ2n) is 4.05. The Morgan fingerprint density at radius 3 is 2.67 bits per heavy atom. The van der Waals surface area contributed by atoms with Gasteiger partial charge in [-0.15, -0.1) is 11.3 Å².